The second-order valence-corrected chi connectivity index (χ2v) is 15.2. The van der Waals surface area contributed by atoms with Crippen molar-refractivity contribution in [3.05, 3.63) is 95.8 Å². The number of likely N-dealkylation sites (tertiary alicyclic amines) is 2. The topological polar surface area (TPSA) is 104 Å². The molecule has 4 aromatic rings. The molecule has 10 heteroatoms. The maximum Gasteiger partial charge on any atom is 0.245 e. The van der Waals surface area contributed by atoms with E-state index in [1.54, 1.807) is 0 Å². The van der Waals surface area contributed by atoms with Crippen molar-refractivity contribution in [3.8, 4) is 22.4 Å². The van der Waals surface area contributed by atoms with E-state index >= 15 is 0 Å². The highest BCUT2D eigenvalue weighted by Crippen LogP contribution is 2.39. The van der Waals surface area contributed by atoms with Crippen LogP contribution in [0.1, 0.15) is 95.3 Å². The Balaban J connectivity index is 1.10. The molecule has 2 fully saturated rings. The summed E-state index contributed by atoms with van der Waals surface area (Å²) in [6.07, 6.45) is 13.4. The monoisotopic (exact) mass is 742 g/mol. The van der Waals surface area contributed by atoms with Crippen LogP contribution >= 0.6 is 0 Å². The number of aryl methyl sites for hydroxylation is 2. The lowest BCUT2D eigenvalue weighted by atomic mass is 9.89. The number of carbonyl (C=O) groups excluding carboxylic acids is 2. The van der Waals surface area contributed by atoms with Crippen molar-refractivity contribution in [2.24, 2.45) is 0 Å². The molecule has 0 unspecified atom stereocenters. The van der Waals surface area contributed by atoms with Crippen LogP contribution in [0.4, 0.5) is 0 Å². The average molecular weight is 743 g/mol. The molecule has 10 nitrogen and oxygen atoms in total. The van der Waals surface area contributed by atoms with E-state index in [0.717, 1.165) is 116 Å². The van der Waals surface area contributed by atoms with Gasteiger partial charge in [-0.3, -0.25) is 19.4 Å². The first-order valence-corrected chi connectivity index (χ1v) is 20.5. The first-order chi connectivity index (χ1) is 26.8. The molecule has 2 N–H and O–H groups in total. The SMILES string of the molecule is C=C(/C=C\C=C/C)[C@H](C(=O)N1CCC[C@H]1c1nc2ccc(-c3ccc4c(c3)CCc3[nH]c([C@@H]5CCCN5C(=O)CN(CC)CC)nc3-4)cc2[nH]1)N(CC)CC. The fourth-order valence-corrected chi connectivity index (χ4v) is 8.90. The average Bonchev–Trinajstić information content (AvgIpc) is 4.03. The number of nitrogens with zero attached hydrogens (tertiary/aromatic N) is 6. The number of carbonyl (C=O) groups is 2. The minimum Gasteiger partial charge on any atom is -0.344 e. The first-order valence-electron chi connectivity index (χ1n) is 20.5. The molecular weight excluding hydrogens is 685 g/mol. The van der Waals surface area contributed by atoms with Gasteiger partial charge >= 0.3 is 0 Å². The number of rotatable bonds is 14. The fraction of sp³-hybridized carbons (Fsp3) is 0.467. The molecule has 0 bridgehead atoms. The van der Waals surface area contributed by atoms with Crippen LogP contribution in [0.5, 0.6) is 0 Å². The van der Waals surface area contributed by atoms with Gasteiger partial charge in [0, 0.05) is 24.3 Å². The number of aromatic amines is 2. The normalized spacial score (nSPS) is 19.0. The van der Waals surface area contributed by atoms with Crippen molar-refractivity contribution in [2.75, 3.05) is 45.8 Å². The molecule has 55 heavy (non-hydrogen) atoms. The van der Waals surface area contributed by atoms with Gasteiger partial charge in [-0.25, -0.2) is 9.97 Å². The van der Waals surface area contributed by atoms with Crippen LogP contribution in [0.2, 0.25) is 0 Å². The Morgan fingerprint density at radius 2 is 1.56 bits per heavy atom. The van der Waals surface area contributed by atoms with Gasteiger partial charge in [-0.05, 0) is 106 Å². The quantitative estimate of drug-likeness (QED) is 0.128. The van der Waals surface area contributed by atoms with Crippen LogP contribution in [0.25, 0.3) is 33.4 Å². The maximum absolute atomic E-state index is 14.3. The van der Waals surface area contributed by atoms with E-state index in [4.69, 9.17) is 9.97 Å². The molecule has 3 atom stereocenters. The molecular formula is C45H58N8O2. The molecule has 1 aliphatic carbocycles. The molecule has 2 aromatic heterocycles. The molecule has 0 radical (unpaired) electrons. The van der Waals surface area contributed by atoms with E-state index in [9.17, 15) is 9.59 Å². The highest BCUT2D eigenvalue weighted by Gasteiger charge is 2.38. The van der Waals surface area contributed by atoms with Crippen LogP contribution in [-0.2, 0) is 22.4 Å². The Hall–Kier alpha value is -4.80. The van der Waals surface area contributed by atoms with E-state index in [-0.39, 0.29) is 23.9 Å². The number of fused-ring (bicyclic) bond motifs is 4. The van der Waals surface area contributed by atoms with Gasteiger partial charge in [0.25, 0.3) is 0 Å². The zero-order valence-corrected chi connectivity index (χ0v) is 33.4. The van der Waals surface area contributed by atoms with Crippen molar-refractivity contribution < 1.29 is 9.59 Å². The van der Waals surface area contributed by atoms with Crippen LogP contribution in [0.15, 0.2) is 72.9 Å². The first kappa shape index (κ1) is 38.5. The largest absolute Gasteiger partial charge is 0.344 e. The molecule has 2 amide bonds. The number of hydrogen-bond acceptors (Lipinski definition) is 6. The number of amides is 2. The zero-order chi connectivity index (χ0) is 38.6. The second-order valence-electron chi connectivity index (χ2n) is 15.2. The summed E-state index contributed by atoms with van der Waals surface area (Å²) in [5, 5.41) is 0. The molecule has 0 spiro atoms. The lowest BCUT2D eigenvalue weighted by Gasteiger charge is -2.34. The number of benzene rings is 2. The number of likely N-dealkylation sites (N-methyl/N-ethyl adjacent to an activating group) is 2. The van der Waals surface area contributed by atoms with Gasteiger partial charge in [0.1, 0.15) is 17.7 Å². The Kier molecular flexibility index (Phi) is 11.8. The van der Waals surface area contributed by atoms with Crippen molar-refractivity contribution in [1.29, 1.82) is 0 Å². The van der Waals surface area contributed by atoms with Crippen LogP contribution < -0.4 is 0 Å². The van der Waals surface area contributed by atoms with E-state index < -0.39 is 6.04 Å². The minimum absolute atomic E-state index is 0.00506. The third-order valence-electron chi connectivity index (χ3n) is 12.0. The molecule has 2 aromatic carbocycles. The molecule has 3 aliphatic rings. The summed E-state index contributed by atoms with van der Waals surface area (Å²) in [7, 11) is 0. The number of hydrogen-bond donors (Lipinski definition) is 2. The number of H-pyrrole nitrogens is 2. The van der Waals surface area contributed by atoms with E-state index in [0.29, 0.717) is 13.1 Å². The molecule has 290 valence electrons. The summed E-state index contributed by atoms with van der Waals surface area (Å²) < 4.78 is 0. The van der Waals surface area contributed by atoms with E-state index in [1.807, 2.05) is 41.0 Å². The predicted octanol–water partition coefficient (Wildman–Crippen LogP) is 7.79. The molecule has 7 rings (SSSR count). The second kappa shape index (κ2) is 16.9. The van der Waals surface area contributed by atoms with Gasteiger partial charge in [-0.15, -0.1) is 0 Å². The Bertz CT molecular complexity index is 2080. The highest BCUT2D eigenvalue weighted by molar-refractivity contribution is 5.87. The van der Waals surface area contributed by atoms with E-state index in [1.165, 1.54) is 16.8 Å². The summed E-state index contributed by atoms with van der Waals surface area (Å²) in [5.41, 5.74) is 9.61. The number of nitrogens with one attached hydrogen (secondary N) is 2. The van der Waals surface area contributed by atoms with Crippen LogP contribution in [-0.4, -0.2) is 103 Å². The predicted molar refractivity (Wildman–Crippen MR) is 221 cm³/mol. The smallest absolute Gasteiger partial charge is 0.245 e. The number of imidazole rings is 2. The Morgan fingerprint density at radius 1 is 0.873 bits per heavy atom. The molecule has 2 aliphatic heterocycles. The minimum atomic E-state index is -0.412. The van der Waals surface area contributed by atoms with Crippen LogP contribution in [0, 0.1) is 0 Å². The molecule has 2 saturated heterocycles. The third kappa shape index (κ3) is 7.71. The summed E-state index contributed by atoms with van der Waals surface area (Å²) in [5.74, 6) is 2.05. The van der Waals surface area contributed by atoms with Gasteiger partial charge in [-0.2, -0.15) is 0 Å². The van der Waals surface area contributed by atoms with E-state index in [2.05, 4.69) is 90.4 Å². The molecule has 0 saturated carbocycles. The standard InChI is InChI=1S/C45H58N8O2/c1-7-12-13-16-30(6)42(51(10-4)11-5)45(55)53-26-15-18-39(53)43-46-35-23-20-32(28-37(35)48-43)31-19-22-34-33(27-31)21-24-36-41(34)49-44(47-36)38-17-14-25-52(38)40(54)29-50(8-2)9-3/h7,12-13,16,19-20,22-23,27-28,38-39,42H,6,8-11,14-15,17-18,21,24-26,29H2,1-5H3,(H,46,48)(H,47,49)/b12-7-,16-13-/t38-,39-,42+/m0/s1. The highest BCUT2D eigenvalue weighted by atomic mass is 16.2. The summed E-state index contributed by atoms with van der Waals surface area (Å²) in [6, 6.07) is 12.6. The number of allylic oxidation sites excluding steroid dienone is 3. The lowest BCUT2D eigenvalue weighted by Crippen LogP contribution is -2.49. The molecule has 4 heterocycles. The van der Waals surface area contributed by atoms with Gasteiger partial charge in [0.2, 0.25) is 11.8 Å². The zero-order valence-electron chi connectivity index (χ0n) is 33.4. The summed E-state index contributed by atoms with van der Waals surface area (Å²) in [4.78, 5) is 53.5. The van der Waals surface area contributed by atoms with Crippen LogP contribution in [0.3, 0.4) is 0 Å². The van der Waals surface area contributed by atoms with Crippen molar-refractivity contribution in [2.45, 2.75) is 91.3 Å². The van der Waals surface area contributed by atoms with Gasteiger partial charge in [0.05, 0.1) is 35.4 Å². The van der Waals surface area contributed by atoms with Crippen molar-refractivity contribution in [1.82, 2.24) is 39.5 Å². The lowest BCUT2D eigenvalue weighted by molar-refractivity contribution is -0.136. The Morgan fingerprint density at radius 3 is 2.29 bits per heavy atom. The maximum atomic E-state index is 14.3. The van der Waals surface area contributed by atoms with Gasteiger partial charge in [-0.1, -0.05) is 82.8 Å². The van der Waals surface area contributed by atoms with Crippen molar-refractivity contribution >= 4 is 22.8 Å². The Labute approximate surface area is 326 Å². The summed E-state index contributed by atoms with van der Waals surface area (Å²) >= 11 is 0. The number of aromatic nitrogens is 4. The fourth-order valence-electron chi connectivity index (χ4n) is 8.90. The summed E-state index contributed by atoms with van der Waals surface area (Å²) in [6.45, 7) is 20.0. The van der Waals surface area contributed by atoms with Crippen molar-refractivity contribution in [3.63, 3.8) is 0 Å². The van der Waals surface area contributed by atoms with Gasteiger partial charge in [0.15, 0.2) is 0 Å². The third-order valence-corrected chi connectivity index (χ3v) is 12.0. The van der Waals surface area contributed by atoms with Gasteiger partial charge < -0.3 is 19.8 Å².